The van der Waals surface area contributed by atoms with E-state index in [1.54, 1.807) is 0 Å². The zero-order valence-corrected chi connectivity index (χ0v) is 20.8. The summed E-state index contributed by atoms with van der Waals surface area (Å²) in [6, 6.07) is 4.81. The Morgan fingerprint density at radius 3 is 2.97 bits per heavy atom. The number of pyridine rings is 1. The number of ether oxygens (including phenoxy) is 1. The summed E-state index contributed by atoms with van der Waals surface area (Å²) in [7, 11) is 1.47. The predicted molar refractivity (Wildman–Crippen MR) is 134 cm³/mol. The number of hydrogen-bond donors (Lipinski definition) is 3. The zero-order chi connectivity index (χ0) is 25.0. The lowest BCUT2D eigenvalue weighted by atomic mass is 10.1. The second kappa shape index (κ2) is 14.1. The Morgan fingerprint density at radius 1 is 1.34 bits per heavy atom. The van der Waals surface area contributed by atoms with Crippen LogP contribution in [0.3, 0.4) is 0 Å². The third-order valence-corrected chi connectivity index (χ3v) is 6.11. The van der Waals surface area contributed by atoms with Crippen molar-refractivity contribution >= 4 is 29.2 Å². The van der Waals surface area contributed by atoms with E-state index in [0.717, 1.165) is 50.2 Å². The van der Waals surface area contributed by atoms with Crippen LogP contribution < -0.4 is 10.6 Å². The van der Waals surface area contributed by atoms with E-state index >= 15 is 0 Å². The van der Waals surface area contributed by atoms with Gasteiger partial charge in [0.05, 0.1) is 6.61 Å². The largest absolute Gasteiger partial charge is 0.480 e. The van der Waals surface area contributed by atoms with Crippen LogP contribution in [0, 0.1) is 0 Å². The molecule has 2 aromatic heterocycles. The molecule has 0 aromatic carbocycles. The highest BCUT2D eigenvalue weighted by Crippen LogP contribution is 2.20. The van der Waals surface area contributed by atoms with Crippen LogP contribution in [0.4, 0.5) is 16.0 Å². The molecule has 3 N–H and O–H groups in total. The number of halogens is 2. The number of aliphatic carboxylic acids is 1. The van der Waals surface area contributed by atoms with Crippen molar-refractivity contribution in [2.24, 2.45) is 0 Å². The molecule has 0 saturated carbocycles. The summed E-state index contributed by atoms with van der Waals surface area (Å²) in [6.07, 6.45) is 5.18. The van der Waals surface area contributed by atoms with Crippen LogP contribution in [0.5, 0.6) is 0 Å². The van der Waals surface area contributed by atoms with Crippen molar-refractivity contribution in [1.82, 2.24) is 19.9 Å². The summed E-state index contributed by atoms with van der Waals surface area (Å²) in [5.74, 6) is 0.312. The molecule has 192 valence electrons. The lowest BCUT2D eigenvalue weighted by Gasteiger charge is -2.26. The van der Waals surface area contributed by atoms with Crippen molar-refractivity contribution in [3.8, 4) is 0 Å². The highest BCUT2D eigenvalue weighted by molar-refractivity contribution is 6.29. The Hall–Kier alpha value is -2.56. The van der Waals surface area contributed by atoms with Gasteiger partial charge in [-0.1, -0.05) is 17.7 Å². The van der Waals surface area contributed by atoms with Gasteiger partial charge in [0.15, 0.2) is 0 Å². The van der Waals surface area contributed by atoms with E-state index in [2.05, 4.69) is 32.7 Å². The smallest absolute Gasteiger partial charge is 0.326 e. The van der Waals surface area contributed by atoms with Gasteiger partial charge in [0, 0.05) is 38.5 Å². The predicted octanol–water partition coefficient (Wildman–Crippen LogP) is 3.45. The first kappa shape index (κ1) is 27.0. The number of aryl methyl sites for hydroxylation is 2. The molecule has 1 aliphatic rings. The van der Waals surface area contributed by atoms with Crippen molar-refractivity contribution < 1.29 is 19.0 Å². The molecule has 9 nitrogen and oxygen atoms in total. The summed E-state index contributed by atoms with van der Waals surface area (Å²) in [4.78, 5) is 26.3. The quantitative estimate of drug-likeness (QED) is 0.246. The Labute approximate surface area is 210 Å². The number of rotatable bonds is 15. The number of carbonyl (C=O) groups is 1. The summed E-state index contributed by atoms with van der Waals surface area (Å²) < 4.78 is 19.3. The van der Waals surface area contributed by atoms with E-state index < -0.39 is 18.2 Å². The number of carboxylic acids is 1. The van der Waals surface area contributed by atoms with Crippen LogP contribution in [-0.2, 0) is 22.4 Å². The maximum atomic E-state index is 14.3. The summed E-state index contributed by atoms with van der Waals surface area (Å²) in [5, 5.41) is 16.1. The van der Waals surface area contributed by atoms with Crippen LogP contribution >= 0.6 is 11.6 Å². The van der Waals surface area contributed by atoms with Gasteiger partial charge in [-0.25, -0.2) is 24.1 Å². The van der Waals surface area contributed by atoms with E-state index in [9.17, 15) is 14.3 Å². The minimum Gasteiger partial charge on any atom is -0.480 e. The third kappa shape index (κ3) is 9.19. The van der Waals surface area contributed by atoms with Crippen LogP contribution in [0.15, 0.2) is 24.5 Å². The van der Waals surface area contributed by atoms with Gasteiger partial charge in [0.1, 0.15) is 35.3 Å². The van der Waals surface area contributed by atoms with Crippen molar-refractivity contribution in [3.63, 3.8) is 0 Å². The van der Waals surface area contributed by atoms with Crippen LogP contribution in [0.25, 0.3) is 0 Å². The van der Waals surface area contributed by atoms with Gasteiger partial charge in [-0.05, 0) is 56.7 Å². The van der Waals surface area contributed by atoms with Crippen molar-refractivity contribution in [3.05, 3.63) is 40.9 Å². The first-order valence-electron chi connectivity index (χ1n) is 12.0. The van der Waals surface area contributed by atoms with Gasteiger partial charge in [0.2, 0.25) is 0 Å². The second-order valence-corrected chi connectivity index (χ2v) is 9.09. The average Bonchev–Trinajstić information content (AvgIpc) is 2.84. The fourth-order valence-corrected chi connectivity index (χ4v) is 4.26. The van der Waals surface area contributed by atoms with E-state index in [-0.39, 0.29) is 24.7 Å². The Morgan fingerprint density at radius 2 is 2.20 bits per heavy atom. The number of methoxy groups -OCH3 is 1. The number of alkyl halides is 1. The lowest BCUT2D eigenvalue weighted by Crippen LogP contribution is -2.38. The molecule has 1 aliphatic heterocycles. The van der Waals surface area contributed by atoms with E-state index in [1.807, 2.05) is 4.90 Å². The highest BCUT2D eigenvalue weighted by atomic mass is 35.5. The fraction of sp³-hybridized carbons (Fsp3) is 0.583. The van der Waals surface area contributed by atoms with E-state index in [4.69, 9.17) is 21.3 Å². The van der Waals surface area contributed by atoms with Crippen molar-refractivity contribution in [2.75, 3.05) is 50.5 Å². The molecule has 35 heavy (non-hydrogen) atoms. The minimum absolute atomic E-state index is 0.00257. The molecule has 0 radical (unpaired) electrons. The van der Waals surface area contributed by atoms with Gasteiger partial charge in [-0.2, -0.15) is 0 Å². The molecular weight excluding hydrogens is 475 g/mol. The standard InChI is InChI=1S/C24H34ClFN6O3/c1-35-15-18(26)14-32(12-9-20(24(33)34)31-22-13-21(25)28-16-29-22)11-3-2-6-19-8-7-17-5-4-10-27-23(17)30-19/h7-8,13,16,18,20H,2-6,9-12,14-15H2,1H3,(H,27,30)(H,33,34)(H,28,29,31). The third-order valence-electron chi connectivity index (χ3n) is 5.90. The van der Waals surface area contributed by atoms with Crippen LogP contribution in [0.1, 0.15) is 36.9 Å². The molecule has 2 unspecified atom stereocenters. The van der Waals surface area contributed by atoms with Gasteiger partial charge >= 0.3 is 5.97 Å². The van der Waals surface area contributed by atoms with Gasteiger partial charge in [-0.15, -0.1) is 0 Å². The first-order chi connectivity index (χ1) is 16.9. The monoisotopic (exact) mass is 508 g/mol. The Bertz CT molecular complexity index is 953. The zero-order valence-electron chi connectivity index (χ0n) is 20.1. The van der Waals surface area contributed by atoms with E-state index in [0.29, 0.717) is 18.9 Å². The number of anilines is 2. The number of carboxylic acid groups (broad SMARTS) is 1. The SMILES string of the molecule is COCC(F)CN(CCCCc1ccc2c(n1)NCCC2)CCC(Nc1cc(Cl)ncn1)C(=O)O. The molecular formula is C24H34ClFN6O3. The number of hydrogen-bond acceptors (Lipinski definition) is 8. The molecule has 0 bridgehead atoms. The number of aromatic nitrogens is 3. The first-order valence-corrected chi connectivity index (χ1v) is 12.4. The number of nitrogens with one attached hydrogen (secondary N) is 2. The average molecular weight is 509 g/mol. The van der Waals surface area contributed by atoms with Crippen molar-refractivity contribution in [2.45, 2.75) is 50.7 Å². The number of fused-ring (bicyclic) bond motifs is 1. The normalized spacial score (nSPS) is 14.7. The minimum atomic E-state index is -1.15. The van der Waals surface area contributed by atoms with Gasteiger partial charge in [0.25, 0.3) is 0 Å². The lowest BCUT2D eigenvalue weighted by molar-refractivity contribution is -0.138. The molecule has 2 aromatic rings. The molecule has 0 spiro atoms. The Balaban J connectivity index is 1.51. The number of unbranched alkanes of at least 4 members (excludes halogenated alkanes) is 1. The fourth-order valence-electron chi connectivity index (χ4n) is 4.12. The molecule has 0 amide bonds. The Kier molecular flexibility index (Phi) is 10.9. The summed E-state index contributed by atoms with van der Waals surface area (Å²) in [6.45, 7) is 2.21. The molecule has 3 rings (SSSR count). The maximum Gasteiger partial charge on any atom is 0.326 e. The topological polar surface area (TPSA) is 113 Å². The molecule has 2 atom stereocenters. The summed E-state index contributed by atoms with van der Waals surface area (Å²) in [5.41, 5.74) is 2.32. The maximum absolute atomic E-state index is 14.3. The highest BCUT2D eigenvalue weighted by Gasteiger charge is 2.21. The second-order valence-electron chi connectivity index (χ2n) is 8.70. The van der Waals surface area contributed by atoms with Gasteiger partial charge < -0.3 is 25.4 Å². The molecule has 11 heteroatoms. The van der Waals surface area contributed by atoms with Gasteiger partial charge in [-0.3, -0.25) is 0 Å². The molecule has 0 fully saturated rings. The summed E-state index contributed by atoms with van der Waals surface area (Å²) >= 11 is 5.86. The van der Waals surface area contributed by atoms with Crippen LogP contribution in [-0.4, -0.2) is 83.0 Å². The number of nitrogens with zero attached hydrogens (tertiary/aromatic N) is 4. The molecule has 3 heterocycles. The molecule has 0 saturated heterocycles. The molecule has 0 aliphatic carbocycles. The van der Waals surface area contributed by atoms with Crippen LogP contribution in [0.2, 0.25) is 5.15 Å². The van der Waals surface area contributed by atoms with E-state index in [1.165, 1.54) is 25.1 Å². The van der Waals surface area contributed by atoms with Crippen molar-refractivity contribution in [1.29, 1.82) is 0 Å².